The molecule has 0 spiro atoms. The zero-order valence-electron chi connectivity index (χ0n) is 12.7. The second-order valence-electron chi connectivity index (χ2n) is 5.45. The largest absolute Gasteiger partial charge is 0.359 e. The van der Waals surface area contributed by atoms with Crippen LogP contribution in [0.1, 0.15) is 11.5 Å². The fourth-order valence-electron chi connectivity index (χ4n) is 2.58. The zero-order chi connectivity index (χ0) is 16.7. The van der Waals surface area contributed by atoms with Gasteiger partial charge in [0.2, 0.25) is 0 Å². The van der Waals surface area contributed by atoms with Gasteiger partial charge in [0.25, 0.3) is 5.56 Å². The number of thiophene rings is 1. The molecule has 0 N–H and O–H groups in total. The van der Waals surface area contributed by atoms with E-state index in [9.17, 15) is 4.79 Å². The van der Waals surface area contributed by atoms with E-state index in [4.69, 9.17) is 16.1 Å². The van der Waals surface area contributed by atoms with Crippen molar-refractivity contribution in [1.29, 1.82) is 0 Å². The molecule has 0 fully saturated rings. The van der Waals surface area contributed by atoms with E-state index in [1.807, 2.05) is 42.6 Å². The Morgan fingerprint density at radius 2 is 2.08 bits per heavy atom. The number of hydrogen-bond donors (Lipinski definition) is 0. The van der Waals surface area contributed by atoms with Crippen LogP contribution in [-0.4, -0.2) is 14.7 Å². The monoisotopic (exact) mass is 357 g/mol. The fraction of sp³-hybridized carbons (Fsp3) is 0.118. The molecule has 4 rings (SSSR count). The summed E-state index contributed by atoms with van der Waals surface area (Å²) in [5.41, 5.74) is 2.50. The molecule has 5 nitrogen and oxygen atoms in total. The Labute approximate surface area is 146 Å². The van der Waals surface area contributed by atoms with Gasteiger partial charge in [-0.1, -0.05) is 28.9 Å². The molecule has 0 aliphatic rings. The predicted molar refractivity (Wildman–Crippen MR) is 94.7 cm³/mol. The van der Waals surface area contributed by atoms with E-state index in [1.54, 1.807) is 6.33 Å². The first kappa shape index (κ1) is 15.1. The summed E-state index contributed by atoms with van der Waals surface area (Å²) in [7, 11) is 0. The first-order valence-corrected chi connectivity index (χ1v) is 8.52. The topological polar surface area (TPSA) is 60.9 Å². The molecule has 0 saturated carbocycles. The van der Waals surface area contributed by atoms with Crippen molar-refractivity contribution in [3.8, 4) is 11.1 Å². The van der Waals surface area contributed by atoms with Crippen molar-refractivity contribution in [2.24, 2.45) is 0 Å². The van der Waals surface area contributed by atoms with Gasteiger partial charge in [-0.2, -0.15) is 0 Å². The van der Waals surface area contributed by atoms with Crippen molar-refractivity contribution in [1.82, 2.24) is 14.7 Å². The van der Waals surface area contributed by atoms with Gasteiger partial charge in [-0.3, -0.25) is 9.36 Å². The minimum Gasteiger partial charge on any atom is -0.359 e. The Morgan fingerprint density at radius 3 is 2.79 bits per heavy atom. The molecule has 0 unspecified atom stereocenters. The SMILES string of the molecule is Cc1cc(Cn2cnc3scc(-c4ccc(Cl)cc4)c3c2=O)on1. The lowest BCUT2D eigenvalue weighted by Crippen LogP contribution is -2.20. The van der Waals surface area contributed by atoms with Gasteiger partial charge in [-0.25, -0.2) is 4.98 Å². The van der Waals surface area contributed by atoms with Gasteiger partial charge in [0.05, 0.1) is 24.0 Å². The fourth-order valence-corrected chi connectivity index (χ4v) is 3.61. The average Bonchev–Trinajstić information content (AvgIpc) is 3.18. The molecule has 1 aromatic carbocycles. The lowest BCUT2D eigenvalue weighted by Gasteiger charge is -2.04. The Balaban J connectivity index is 1.84. The van der Waals surface area contributed by atoms with Gasteiger partial charge >= 0.3 is 0 Å². The highest BCUT2D eigenvalue weighted by molar-refractivity contribution is 7.17. The highest BCUT2D eigenvalue weighted by Crippen LogP contribution is 2.31. The Bertz CT molecular complexity index is 1080. The van der Waals surface area contributed by atoms with Crippen molar-refractivity contribution in [3.05, 3.63) is 68.9 Å². The first-order valence-electron chi connectivity index (χ1n) is 7.26. The van der Waals surface area contributed by atoms with Crippen LogP contribution in [0.3, 0.4) is 0 Å². The van der Waals surface area contributed by atoms with Gasteiger partial charge in [-0.15, -0.1) is 11.3 Å². The van der Waals surface area contributed by atoms with E-state index >= 15 is 0 Å². The first-order chi connectivity index (χ1) is 11.6. The van der Waals surface area contributed by atoms with Crippen LogP contribution in [-0.2, 0) is 6.54 Å². The molecule has 0 saturated heterocycles. The second-order valence-corrected chi connectivity index (χ2v) is 6.74. The van der Waals surface area contributed by atoms with Crippen molar-refractivity contribution in [2.75, 3.05) is 0 Å². The number of aryl methyl sites for hydroxylation is 1. The number of nitrogens with zero attached hydrogens (tertiary/aromatic N) is 3. The molecular weight excluding hydrogens is 346 g/mol. The molecule has 0 atom stereocenters. The lowest BCUT2D eigenvalue weighted by atomic mass is 10.1. The van der Waals surface area contributed by atoms with Gasteiger partial charge in [0, 0.05) is 22.0 Å². The molecule has 0 aliphatic heterocycles. The molecule has 3 aromatic heterocycles. The van der Waals surface area contributed by atoms with Crippen molar-refractivity contribution < 1.29 is 4.52 Å². The summed E-state index contributed by atoms with van der Waals surface area (Å²) in [4.78, 5) is 18.0. The van der Waals surface area contributed by atoms with Gasteiger partial charge < -0.3 is 4.52 Å². The van der Waals surface area contributed by atoms with Gasteiger partial charge in [-0.05, 0) is 24.6 Å². The van der Waals surface area contributed by atoms with Crippen LogP contribution in [0.25, 0.3) is 21.3 Å². The van der Waals surface area contributed by atoms with E-state index < -0.39 is 0 Å². The molecule has 24 heavy (non-hydrogen) atoms. The molecule has 0 amide bonds. The summed E-state index contributed by atoms with van der Waals surface area (Å²) in [6, 6.07) is 9.24. The summed E-state index contributed by atoms with van der Waals surface area (Å²) in [5, 5.41) is 7.07. The van der Waals surface area contributed by atoms with Crippen LogP contribution in [0.15, 0.2) is 51.4 Å². The number of hydrogen-bond acceptors (Lipinski definition) is 5. The maximum atomic E-state index is 12.9. The summed E-state index contributed by atoms with van der Waals surface area (Å²) in [5.74, 6) is 0.624. The third-order valence-electron chi connectivity index (χ3n) is 3.72. The van der Waals surface area contributed by atoms with E-state index in [0.29, 0.717) is 22.7 Å². The number of benzene rings is 1. The maximum absolute atomic E-state index is 12.9. The lowest BCUT2D eigenvalue weighted by molar-refractivity contribution is 0.371. The van der Waals surface area contributed by atoms with Crippen molar-refractivity contribution in [3.63, 3.8) is 0 Å². The van der Waals surface area contributed by atoms with E-state index in [1.165, 1.54) is 15.9 Å². The highest BCUT2D eigenvalue weighted by atomic mass is 35.5. The van der Waals surface area contributed by atoms with Crippen LogP contribution >= 0.6 is 22.9 Å². The molecule has 3 heterocycles. The minimum absolute atomic E-state index is 0.0970. The predicted octanol–water partition coefficient (Wildman–Crippen LogP) is 4.12. The average molecular weight is 358 g/mol. The molecule has 4 aromatic rings. The smallest absolute Gasteiger partial charge is 0.263 e. The molecule has 120 valence electrons. The number of halogens is 1. The number of rotatable bonds is 3. The van der Waals surface area contributed by atoms with Gasteiger partial charge in [0.1, 0.15) is 4.83 Å². The molecule has 0 aliphatic carbocycles. The van der Waals surface area contributed by atoms with Crippen LogP contribution in [0.5, 0.6) is 0 Å². The summed E-state index contributed by atoms with van der Waals surface area (Å²) in [6.07, 6.45) is 1.55. The summed E-state index contributed by atoms with van der Waals surface area (Å²) < 4.78 is 6.73. The van der Waals surface area contributed by atoms with Crippen LogP contribution in [0, 0.1) is 6.92 Å². The highest BCUT2D eigenvalue weighted by Gasteiger charge is 2.14. The van der Waals surface area contributed by atoms with Crippen molar-refractivity contribution >= 4 is 33.2 Å². The van der Waals surface area contributed by atoms with Crippen LogP contribution < -0.4 is 5.56 Å². The van der Waals surface area contributed by atoms with E-state index in [2.05, 4.69) is 10.1 Å². The third-order valence-corrected chi connectivity index (χ3v) is 4.86. The molecule has 0 radical (unpaired) electrons. The summed E-state index contributed by atoms with van der Waals surface area (Å²) >= 11 is 7.40. The van der Waals surface area contributed by atoms with Crippen molar-refractivity contribution in [2.45, 2.75) is 13.5 Å². The second kappa shape index (κ2) is 5.89. The van der Waals surface area contributed by atoms with Gasteiger partial charge in [0.15, 0.2) is 5.76 Å². The van der Waals surface area contributed by atoms with Crippen LogP contribution in [0.4, 0.5) is 0 Å². The molecule has 0 bridgehead atoms. The molecular formula is C17H12ClN3O2S. The van der Waals surface area contributed by atoms with Crippen LogP contribution in [0.2, 0.25) is 5.02 Å². The Morgan fingerprint density at radius 1 is 1.29 bits per heavy atom. The quantitative estimate of drug-likeness (QED) is 0.553. The van der Waals surface area contributed by atoms with E-state index in [0.717, 1.165) is 21.7 Å². The maximum Gasteiger partial charge on any atom is 0.263 e. The Hall–Kier alpha value is -2.44. The third kappa shape index (κ3) is 2.64. The number of aromatic nitrogens is 3. The number of fused-ring (bicyclic) bond motifs is 1. The Kier molecular flexibility index (Phi) is 3.70. The molecule has 7 heteroatoms. The standard InChI is InChI=1S/C17H12ClN3O2S/c1-10-6-13(23-20-10)7-21-9-19-16-15(17(21)22)14(8-24-16)11-2-4-12(18)5-3-11/h2-6,8-9H,7H2,1H3. The zero-order valence-corrected chi connectivity index (χ0v) is 14.3. The van der Waals surface area contributed by atoms with E-state index in [-0.39, 0.29) is 5.56 Å². The minimum atomic E-state index is -0.0970. The summed E-state index contributed by atoms with van der Waals surface area (Å²) in [6.45, 7) is 2.15. The normalized spacial score (nSPS) is 11.2.